The van der Waals surface area contributed by atoms with Gasteiger partial charge in [0.05, 0.1) is 11.5 Å². The van der Waals surface area contributed by atoms with E-state index in [1.807, 2.05) is 6.92 Å². The number of sulfonamides is 1. The van der Waals surface area contributed by atoms with Crippen LogP contribution in [0.4, 0.5) is 0 Å². The number of hydrogen-bond donors (Lipinski definition) is 1. The van der Waals surface area contributed by atoms with Crippen molar-refractivity contribution in [2.75, 3.05) is 32.8 Å². The van der Waals surface area contributed by atoms with Crippen LogP contribution in [0, 0.1) is 0 Å². The van der Waals surface area contributed by atoms with Gasteiger partial charge in [-0.3, -0.25) is 0 Å². The molecule has 1 saturated heterocycles. The van der Waals surface area contributed by atoms with Crippen LogP contribution >= 0.6 is 11.6 Å². The van der Waals surface area contributed by atoms with Crippen molar-refractivity contribution in [1.29, 1.82) is 0 Å². The molecule has 2 rings (SSSR count). The Hall–Kier alpha value is -0.660. The first-order valence-corrected chi connectivity index (χ1v) is 8.94. The molecule has 0 unspecified atom stereocenters. The Labute approximate surface area is 131 Å². The second-order valence-electron chi connectivity index (χ2n) is 4.90. The Kier molecular flexibility index (Phi) is 6.01. The van der Waals surface area contributed by atoms with Gasteiger partial charge < -0.3 is 10.1 Å². The van der Waals surface area contributed by atoms with Crippen molar-refractivity contribution >= 4 is 21.6 Å². The molecule has 5 nitrogen and oxygen atoms in total. The van der Waals surface area contributed by atoms with Gasteiger partial charge in [-0.1, -0.05) is 24.6 Å². The molecule has 21 heavy (non-hydrogen) atoms. The van der Waals surface area contributed by atoms with E-state index in [4.69, 9.17) is 16.3 Å². The zero-order valence-corrected chi connectivity index (χ0v) is 13.7. The summed E-state index contributed by atoms with van der Waals surface area (Å²) >= 11 is 6.19. The van der Waals surface area contributed by atoms with Crippen LogP contribution in [0.25, 0.3) is 0 Å². The Morgan fingerprint density at radius 3 is 2.86 bits per heavy atom. The molecule has 0 aliphatic carbocycles. The van der Waals surface area contributed by atoms with E-state index in [9.17, 15) is 8.42 Å². The van der Waals surface area contributed by atoms with Gasteiger partial charge in [-0.2, -0.15) is 4.31 Å². The minimum atomic E-state index is -3.50. The van der Waals surface area contributed by atoms with E-state index in [0.717, 1.165) is 12.1 Å². The monoisotopic (exact) mass is 332 g/mol. The predicted octanol–water partition coefficient (Wildman–Crippen LogP) is 1.86. The SMILES string of the molecule is CCNCc1ccc(S(=O)(=O)N2CCCOCC2)cc1Cl. The Bertz CT molecular complexity index is 570. The van der Waals surface area contributed by atoms with Gasteiger partial charge in [0, 0.05) is 31.3 Å². The average molecular weight is 333 g/mol. The summed E-state index contributed by atoms with van der Waals surface area (Å²) in [7, 11) is -3.50. The summed E-state index contributed by atoms with van der Waals surface area (Å²) in [5.41, 5.74) is 0.900. The van der Waals surface area contributed by atoms with E-state index >= 15 is 0 Å². The first-order valence-electron chi connectivity index (χ1n) is 7.12. The number of halogens is 1. The Balaban J connectivity index is 2.21. The number of rotatable bonds is 5. The van der Waals surface area contributed by atoms with Gasteiger partial charge >= 0.3 is 0 Å². The summed E-state index contributed by atoms with van der Waals surface area (Å²) in [6, 6.07) is 4.93. The third kappa shape index (κ3) is 4.17. The summed E-state index contributed by atoms with van der Waals surface area (Å²) in [4.78, 5) is 0.245. The molecule has 1 aliphatic heterocycles. The highest BCUT2D eigenvalue weighted by Crippen LogP contribution is 2.24. The molecule has 1 heterocycles. The standard InChI is InChI=1S/C14H21ClN2O3S/c1-2-16-11-12-4-5-13(10-14(12)15)21(18,19)17-6-3-8-20-9-7-17/h4-5,10,16H,2-3,6-9,11H2,1H3. The molecule has 0 atom stereocenters. The van der Waals surface area contributed by atoms with Crippen LogP contribution in [-0.2, 0) is 21.3 Å². The molecule has 0 spiro atoms. The van der Waals surface area contributed by atoms with Gasteiger partial charge in [-0.25, -0.2) is 8.42 Å². The van der Waals surface area contributed by atoms with Gasteiger partial charge in [0.25, 0.3) is 0 Å². The second-order valence-corrected chi connectivity index (χ2v) is 7.25. The van der Waals surface area contributed by atoms with Crippen molar-refractivity contribution < 1.29 is 13.2 Å². The smallest absolute Gasteiger partial charge is 0.243 e. The summed E-state index contributed by atoms with van der Waals surface area (Å²) in [5, 5.41) is 3.65. The van der Waals surface area contributed by atoms with Gasteiger partial charge in [0.2, 0.25) is 10.0 Å². The number of ether oxygens (including phenoxy) is 1. The minimum absolute atomic E-state index is 0.245. The normalized spacial score (nSPS) is 17.6. The van der Waals surface area contributed by atoms with Gasteiger partial charge in [0.1, 0.15) is 0 Å². The number of hydrogen-bond acceptors (Lipinski definition) is 4. The second kappa shape index (κ2) is 7.56. The van der Waals surface area contributed by atoms with E-state index < -0.39 is 10.0 Å². The van der Waals surface area contributed by atoms with Crippen molar-refractivity contribution in [3.8, 4) is 0 Å². The molecule has 0 radical (unpaired) electrons. The quantitative estimate of drug-likeness (QED) is 0.894. The molecule has 0 bridgehead atoms. The predicted molar refractivity (Wildman–Crippen MR) is 83.0 cm³/mol. The zero-order valence-electron chi connectivity index (χ0n) is 12.1. The van der Waals surface area contributed by atoms with Crippen LogP contribution in [0.3, 0.4) is 0 Å². The van der Waals surface area contributed by atoms with Crippen molar-refractivity contribution in [3.05, 3.63) is 28.8 Å². The third-order valence-corrected chi connectivity index (χ3v) is 5.66. The third-order valence-electron chi connectivity index (χ3n) is 3.41. The van der Waals surface area contributed by atoms with Crippen molar-refractivity contribution in [3.63, 3.8) is 0 Å². The molecule has 1 N–H and O–H groups in total. The van der Waals surface area contributed by atoms with Gasteiger partial charge in [0.15, 0.2) is 0 Å². The summed E-state index contributed by atoms with van der Waals surface area (Å²) in [6.45, 7) is 5.39. The molecule has 0 aromatic heterocycles. The van der Waals surface area contributed by atoms with Crippen LogP contribution in [-0.4, -0.2) is 45.6 Å². The molecule has 118 valence electrons. The molecular formula is C14H21ClN2O3S. The fraction of sp³-hybridized carbons (Fsp3) is 0.571. The molecule has 7 heteroatoms. The van der Waals surface area contributed by atoms with E-state index in [1.165, 1.54) is 10.4 Å². The molecule has 0 saturated carbocycles. The van der Waals surface area contributed by atoms with Crippen LogP contribution in [0.15, 0.2) is 23.1 Å². The lowest BCUT2D eigenvalue weighted by molar-refractivity contribution is 0.148. The van der Waals surface area contributed by atoms with Crippen LogP contribution in [0.5, 0.6) is 0 Å². The fourth-order valence-corrected chi connectivity index (χ4v) is 4.01. The maximum atomic E-state index is 12.6. The fourth-order valence-electron chi connectivity index (χ4n) is 2.20. The minimum Gasteiger partial charge on any atom is -0.380 e. The van der Waals surface area contributed by atoms with E-state index in [1.54, 1.807) is 12.1 Å². The lowest BCUT2D eigenvalue weighted by Crippen LogP contribution is -2.33. The van der Waals surface area contributed by atoms with Crippen LogP contribution < -0.4 is 5.32 Å². The lowest BCUT2D eigenvalue weighted by atomic mass is 10.2. The number of benzene rings is 1. The summed E-state index contributed by atoms with van der Waals surface area (Å²) in [5.74, 6) is 0. The highest BCUT2D eigenvalue weighted by molar-refractivity contribution is 7.89. The molecular weight excluding hydrogens is 312 g/mol. The highest BCUT2D eigenvalue weighted by atomic mass is 35.5. The summed E-state index contributed by atoms with van der Waals surface area (Å²) in [6.07, 6.45) is 0.714. The molecule has 1 fully saturated rings. The molecule has 0 amide bonds. The van der Waals surface area contributed by atoms with Crippen LogP contribution in [0.2, 0.25) is 5.02 Å². The van der Waals surface area contributed by atoms with Crippen molar-refractivity contribution in [2.24, 2.45) is 0 Å². The largest absolute Gasteiger partial charge is 0.380 e. The van der Waals surface area contributed by atoms with Gasteiger partial charge in [-0.15, -0.1) is 0 Å². The van der Waals surface area contributed by atoms with Crippen molar-refractivity contribution in [2.45, 2.75) is 24.8 Å². The summed E-state index contributed by atoms with van der Waals surface area (Å²) < 4.78 is 32.0. The van der Waals surface area contributed by atoms with E-state index in [2.05, 4.69) is 5.32 Å². The van der Waals surface area contributed by atoms with Gasteiger partial charge in [-0.05, 0) is 30.7 Å². The Morgan fingerprint density at radius 1 is 1.33 bits per heavy atom. The maximum absolute atomic E-state index is 12.6. The molecule has 1 aliphatic rings. The average Bonchev–Trinajstić information content (AvgIpc) is 2.75. The van der Waals surface area contributed by atoms with Crippen LogP contribution in [0.1, 0.15) is 18.9 Å². The zero-order chi connectivity index (χ0) is 15.3. The van der Waals surface area contributed by atoms with E-state index in [-0.39, 0.29) is 4.90 Å². The number of nitrogens with one attached hydrogen (secondary N) is 1. The first-order chi connectivity index (χ1) is 10.1. The molecule has 1 aromatic carbocycles. The van der Waals surface area contributed by atoms with Crippen molar-refractivity contribution in [1.82, 2.24) is 9.62 Å². The molecule has 1 aromatic rings. The van der Waals surface area contributed by atoms with E-state index in [0.29, 0.717) is 44.3 Å². The topological polar surface area (TPSA) is 58.6 Å². The first kappa shape index (κ1) is 16.7. The maximum Gasteiger partial charge on any atom is 0.243 e. The lowest BCUT2D eigenvalue weighted by Gasteiger charge is -2.19. The Morgan fingerprint density at radius 2 is 2.14 bits per heavy atom. The number of nitrogens with zero attached hydrogens (tertiary/aromatic N) is 1. The highest BCUT2D eigenvalue weighted by Gasteiger charge is 2.25.